The van der Waals surface area contributed by atoms with E-state index in [1.807, 2.05) is 23.6 Å². The minimum absolute atomic E-state index is 0.935. The van der Waals surface area contributed by atoms with Crippen LogP contribution in [0.1, 0.15) is 22.4 Å². The summed E-state index contributed by atoms with van der Waals surface area (Å²) < 4.78 is 1.13. The summed E-state index contributed by atoms with van der Waals surface area (Å²) in [6.07, 6.45) is 4.00. The van der Waals surface area contributed by atoms with Gasteiger partial charge in [-0.15, -0.1) is 11.3 Å². The molecule has 0 aliphatic heterocycles. The number of halogens is 1. The summed E-state index contributed by atoms with van der Waals surface area (Å²) in [5.41, 5.74) is 1.31. The average molecular weight is 282 g/mol. The van der Waals surface area contributed by atoms with Crippen molar-refractivity contribution in [3.63, 3.8) is 0 Å². The van der Waals surface area contributed by atoms with E-state index in [1.165, 1.54) is 15.4 Å². The highest BCUT2D eigenvalue weighted by molar-refractivity contribution is 9.10. The minimum Gasteiger partial charge on any atom is -0.249 e. The Hall–Kier alpha value is -0.670. The second kappa shape index (κ2) is 4.90. The van der Waals surface area contributed by atoms with E-state index in [9.17, 15) is 0 Å². The van der Waals surface area contributed by atoms with Gasteiger partial charge in [-0.25, -0.2) is 4.98 Å². The van der Waals surface area contributed by atoms with Crippen LogP contribution in [0.2, 0.25) is 0 Å². The van der Waals surface area contributed by atoms with Gasteiger partial charge in [-0.1, -0.05) is 35.0 Å². The first-order chi connectivity index (χ1) is 7.28. The zero-order valence-corrected chi connectivity index (χ0v) is 10.9. The fraction of sp³-hybridized carbons (Fsp3) is 0.250. The van der Waals surface area contributed by atoms with E-state index in [4.69, 9.17) is 0 Å². The molecule has 0 N–H and O–H groups in total. The molecule has 1 aromatic carbocycles. The summed E-state index contributed by atoms with van der Waals surface area (Å²) >= 11 is 5.28. The third-order valence-corrected chi connectivity index (χ3v) is 3.83. The molecule has 0 saturated heterocycles. The first-order valence-electron chi connectivity index (χ1n) is 4.96. The first-order valence-corrected chi connectivity index (χ1v) is 6.57. The van der Waals surface area contributed by atoms with Crippen LogP contribution in [0.4, 0.5) is 0 Å². The Kier molecular flexibility index (Phi) is 3.54. The molecule has 15 heavy (non-hydrogen) atoms. The van der Waals surface area contributed by atoms with Crippen molar-refractivity contribution < 1.29 is 0 Å². The van der Waals surface area contributed by atoms with Crippen LogP contribution in [0.3, 0.4) is 0 Å². The number of hydrogen-bond donors (Lipinski definition) is 0. The third-order valence-electron chi connectivity index (χ3n) is 2.19. The van der Waals surface area contributed by atoms with E-state index in [1.54, 1.807) is 0 Å². The molecule has 0 bridgehead atoms. The number of aryl methyl sites for hydroxylation is 1. The SMILES string of the molecule is CCc1cnc(Cc2cccc(Br)c2)s1. The van der Waals surface area contributed by atoms with Gasteiger partial charge in [-0.05, 0) is 24.1 Å². The van der Waals surface area contributed by atoms with Gasteiger partial charge in [0.05, 0.1) is 5.01 Å². The molecule has 0 saturated carbocycles. The summed E-state index contributed by atoms with van der Waals surface area (Å²) in [5, 5.41) is 1.20. The molecule has 1 nitrogen and oxygen atoms in total. The summed E-state index contributed by atoms with van der Waals surface area (Å²) in [7, 11) is 0. The fourth-order valence-corrected chi connectivity index (χ4v) is 2.76. The van der Waals surface area contributed by atoms with E-state index in [0.29, 0.717) is 0 Å². The smallest absolute Gasteiger partial charge is 0.0971 e. The van der Waals surface area contributed by atoms with Gasteiger partial charge >= 0.3 is 0 Å². The summed E-state index contributed by atoms with van der Waals surface area (Å²) in [6.45, 7) is 2.16. The van der Waals surface area contributed by atoms with Crippen molar-refractivity contribution in [3.05, 3.63) is 50.4 Å². The maximum absolute atomic E-state index is 4.42. The molecule has 0 amide bonds. The largest absolute Gasteiger partial charge is 0.249 e. The molecular weight excluding hydrogens is 270 g/mol. The topological polar surface area (TPSA) is 12.9 Å². The van der Waals surface area contributed by atoms with Crippen LogP contribution < -0.4 is 0 Å². The molecule has 0 radical (unpaired) electrons. The Morgan fingerprint density at radius 2 is 2.27 bits per heavy atom. The molecule has 3 heteroatoms. The Morgan fingerprint density at radius 1 is 1.40 bits per heavy atom. The standard InChI is InChI=1S/C12H12BrNS/c1-2-11-8-14-12(15-11)7-9-4-3-5-10(13)6-9/h3-6,8H,2,7H2,1H3. The van der Waals surface area contributed by atoms with Gasteiger partial charge in [-0.3, -0.25) is 0 Å². The van der Waals surface area contributed by atoms with Crippen LogP contribution in [0, 0.1) is 0 Å². The second-order valence-electron chi connectivity index (χ2n) is 3.38. The number of hydrogen-bond acceptors (Lipinski definition) is 2. The predicted octanol–water partition coefficient (Wildman–Crippen LogP) is 4.06. The highest BCUT2D eigenvalue weighted by atomic mass is 79.9. The van der Waals surface area contributed by atoms with Crippen LogP contribution in [-0.4, -0.2) is 4.98 Å². The fourth-order valence-electron chi connectivity index (χ4n) is 1.41. The van der Waals surface area contributed by atoms with Crippen molar-refractivity contribution >= 4 is 27.3 Å². The van der Waals surface area contributed by atoms with Crippen molar-refractivity contribution in [2.24, 2.45) is 0 Å². The van der Waals surface area contributed by atoms with Gasteiger partial charge in [0.1, 0.15) is 0 Å². The van der Waals surface area contributed by atoms with Gasteiger partial charge in [0.15, 0.2) is 0 Å². The molecule has 0 aliphatic carbocycles. The zero-order chi connectivity index (χ0) is 10.7. The van der Waals surface area contributed by atoms with Crippen LogP contribution in [0.5, 0.6) is 0 Å². The van der Waals surface area contributed by atoms with E-state index in [0.717, 1.165) is 17.3 Å². The van der Waals surface area contributed by atoms with E-state index < -0.39 is 0 Å². The zero-order valence-electron chi connectivity index (χ0n) is 8.53. The predicted molar refractivity (Wildman–Crippen MR) is 68.4 cm³/mol. The Morgan fingerprint density at radius 3 is 2.93 bits per heavy atom. The summed E-state index contributed by atoms with van der Waals surface area (Å²) in [6, 6.07) is 8.39. The van der Waals surface area contributed by atoms with E-state index in [2.05, 4.69) is 46.0 Å². The minimum atomic E-state index is 0.935. The van der Waals surface area contributed by atoms with Crippen LogP contribution in [0.15, 0.2) is 34.9 Å². The lowest BCUT2D eigenvalue weighted by molar-refractivity contribution is 1.12. The molecule has 0 atom stereocenters. The molecule has 0 fully saturated rings. The Balaban J connectivity index is 2.14. The Labute approximate surface area is 102 Å². The highest BCUT2D eigenvalue weighted by Gasteiger charge is 2.02. The van der Waals surface area contributed by atoms with Gasteiger partial charge < -0.3 is 0 Å². The van der Waals surface area contributed by atoms with Crippen molar-refractivity contribution in [1.82, 2.24) is 4.98 Å². The lowest BCUT2D eigenvalue weighted by Crippen LogP contribution is -1.85. The lowest BCUT2D eigenvalue weighted by atomic mass is 10.2. The number of benzene rings is 1. The van der Waals surface area contributed by atoms with Crippen molar-refractivity contribution in [3.8, 4) is 0 Å². The summed E-state index contributed by atoms with van der Waals surface area (Å²) in [5.74, 6) is 0. The van der Waals surface area contributed by atoms with E-state index in [-0.39, 0.29) is 0 Å². The number of rotatable bonds is 3. The molecule has 78 valence electrons. The molecule has 1 aromatic heterocycles. The first kappa shape index (κ1) is 10.8. The molecule has 2 aromatic rings. The van der Waals surface area contributed by atoms with Gasteiger partial charge in [0, 0.05) is 22.0 Å². The quantitative estimate of drug-likeness (QED) is 0.827. The van der Waals surface area contributed by atoms with Crippen LogP contribution >= 0.6 is 27.3 Å². The normalized spacial score (nSPS) is 10.5. The third kappa shape index (κ3) is 2.89. The van der Waals surface area contributed by atoms with Crippen molar-refractivity contribution in [2.45, 2.75) is 19.8 Å². The lowest BCUT2D eigenvalue weighted by Gasteiger charge is -1.98. The molecular formula is C12H12BrNS. The summed E-state index contributed by atoms with van der Waals surface area (Å²) in [4.78, 5) is 5.78. The average Bonchev–Trinajstić information content (AvgIpc) is 2.65. The van der Waals surface area contributed by atoms with Gasteiger partial charge in [-0.2, -0.15) is 0 Å². The van der Waals surface area contributed by atoms with Crippen LogP contribution in [-0.2, 0) is 12.8 Å². The highest BCUT2D eigenvalue weighted by Crippen LogP contribution is 2.19. The molecule has 1 heterocycles. The number of thiazole rings is 1. The van der Waals surface area contributed by atoms with Crippen LogP contribution in [0.25, 0.3) is 0 Å². The van der Waals surface area contributed by atoms with Gasteiger partial charge in [0.25, 0.3) is 0 Å². The number of nitrogens with zero attached hydrogens (tertiary/aromatic N) is 1. The molecule has 2 rings (SSSR count). The number of aromatic nitrogens is 1. The van der Waals surface area contributed by atoms with E-state index >= 15 is 0 Å². The monoisotopic (exact) mass is 281 g/mol. The Bertz CT molecular complexity index is 450. The molecule has 0 aliphatic rings. The maximum atomic E-state index is 4.42. The molecule has 0 spiro atoms. The van der Waals surface area contributed by atoms with Gasteiger partial charge in [0.2, 0.25) is 0 Å². The molecule has 0 unspecified atom stereocenters. The maximum Gasteiger partial charge on any atom is 0.0971 e. The van der Waals surface area contributed by atoms with Crippen molar-refractivity contribution in [2.75, 3.05) is 0 Å². The second-order valence-corrected chi connectivity index (χ2v) is 5.50. The van der Waals surface area contributed by atoms with Crippen molar-refractivity contribution in [1.29, 1.82) is 0 Å².